The first kappa shape index (κ1) is 29.3. The summed E-state index contributed by atoms with van der Waals surface area (Å²) in [7, 11) is -4.08. The smallest absolute Gasteiger partial charge is 0.452 e. The van der Waals surface area contributed by atoms with Gasteiger partial charge < -0.3 is 9.84 Å². The summed E-state index contributed by atoms with van der Waals surface area (Å²) in [5.74, 6) is -3.06. The lowest BCUT2D eigenvalue weighted by atomic mass is 9.85. The number of rotatable bonds is 6. The minimum atomic E-state index is -4.72. The van der Waals surface area contributed by atoms with Gasteiger partial charge in [-0.15, -0.1) is 10.2 Å². The van der Waals surface area contributed by atoms with E-state index in [1.165, 1.54) is 28.8 Å². The van der Waals surface area contributed by atoms with E-state index in [4.69, 9.17) is 16.3 Å². The maximum atomic E-state index is 13.8. The highest BCUT2D eigenvalue weighted by Gasteiger charge is 2.52. The highest BCUT2D eigenvalue weighted by molar-refractivity contribution is 7.89. The Morgan fingerprint density at radius 3 is 2.60 bits per heavy atom. The van der Waals surface area contributed by atoms with Crippen molar-refractivity contribution >= 4 is 33.2 Å². The fraction of sp³-hybridized carbons (Fsp3) is 0.357. The van der Waals surface area contributed by atoms with Crippen LogP contribution in [0.4, 0.5) is 13.2 Å². The van der Waals surface area contributed by atoms with Crippen LogP contribution in [0.3, 0.4) is 0 Å². The molecule has 2 aliphatic rings. The fourth-order valence-corrected chi connectivity index (χ4v) is 7.32. The molecule has 3 aromatic heterocycles. The first-order valence-corrected chi connectivity index (χ1v) is 15.1. The van der Waals surface area contributed by atoms with Crippen LogP contribution in [-0.4, -0.2) is 55.5 Å². The molecule has 1 aromatic carbocycles. The van der Waals surface area contributed by atoms with E-state index in [1.54, 1.807) is 25.1 Å². The quantitative estimate of drug-likeness (QED) is 0.309. The summed E-state index contributed by atoms with van der Waals surface area (Å²) in [5.41, 5.74) is 2.04. The van der Waals surface area contributed by atoms with Gasteiger partial charge in [0, 0.05) is 24.9 Å². The Morgan fingerprint density at radius 1 is 1.19 bits per heavy atom. The van der Waals surface area contributed by atoms with Crippen molar-refractivity contribution in [2.45, 2.75) is 62.2 Å². The Balaban J connectivity index is 1.40. The molecule has 226 valence electrons. The van der Waals surface area contributed by atoms with Crippen LogP contribution in [0.1, 0.15) is 58.8 Å². The van der Waals surface area contributed by atoms with Crippen molar-refractivity contribution in [3.8, 4) is 5.88 Å². The van der Waals surface area contributed by atoms with E-state index in [0.717, 1.165) is 9.96 Å². The van der Waals surface area contributed by atoms with Gasteiger partial charge in [-0.05, 0) is 66.6 Å². The molecule has 4 aromatic rings. The maximum absolute atomic E-state index is 13.8. The number of pyridine rings is 2. The largest absolute Gasteiger partial charge is 0.481 e. The van der Waals surface area contributed by atoms with E-state index in [2.05, 4.69) is 15.2 Å². The molecule has 1 atom stereocenters. The molecule has 1 spiro atoms. The third kappa shape index (κ3) is 5.31. The van der Waals surface area contributed by atoms with Crippen LogP contribution in [0, 0.1) is 13.8 Å². The van der Waals surface area contributed by atoms with E-state index >= 15 is 0 Å². The molecular weight excluding hydrogens is 611 g/mol. The Hall–Kier alpha value is -3.75. The lowest BCUT2D eigenvalue weighted by Gasteiger charge is -2.25. The number of carboxylic acid groups (broad SMARTS) is 1. The van der Waals surface area contributed by atoms with Gasteiger partial charge in [0.1, 0.15) is 10.5 Å². The summed E-state index contributed by atoms with van der Waals surface area (Å²) in [5, 5.41) is 17.0. The van der Waals surface area contributed by atoms with Crippen molar-refractivity contribution in [3.05, 3.63) is 81.4 Å². The van der Waals surface area contributed by atoms with Crippen molar-refractivity contribution in [1.29, 1.82) is 0 Å². The predicted octanol–water partition coefficient (Wildman–Crippen LogP) is 5.14. The van der Waals surface area contributed by atoms with E-state index in [9.17, 15) is 31.5 Å². The van der Waals surface area contributed by atoms with Gasteiger partial charge in [-0.1, -0.05) is 29.8 Å². The Labute approximate surface area is 249 Å². The fourth-order valence-electron chi connectivity index (χ4n) is 5.51. The Morgan fingerprint density at radius 2 is 1.93 bits per heavy atom. The Bertz CT molecular complexity index is 1890. The maximum Gasteiger partial charge on any atom is 0.452 e. The highest BCUT2D eigenvalue weighted by atomic mass is 35.5. The Kier molecular flexibility index (Phi) is 6.93. The van der Waals surface area contributed by atoms with Crippen molar-refractivity contribution in [2.75, 3.05) is 6.54 Å². The van der Waals surface area contributed by atoms with Gasteiger partial charge in [0.2, 0.25) is 21.7 Å². The molecule has 15 heteroatoms. The average molecular weight is 636 g/mol. The van der Waals surface area contributed by atoms with Gasteiger partial charge in [-0.2, -0.15) is 17.5 Å². The number of halogens is 4. The summed E-state index contributed by atoms with van der Waals surface area (Å²) >= 11 is 6.09. The molecule has 0 bridgehead atoms. The summed E-state index contributed by atoms with van der Waals surface area (Å²) in [6, 6.07) is 8.01. The summed E-state index contributed by atoms with van der Waals surface area (Å²) in [4.78, 5) is 16.0. The van der Waals surface area contributed by atoms with Gasteiger partial charge in [-0.3, -0.25) is 9.20 Å². The molecule has 1 N–H and O–H groups in total. The number of nitrogens with zero attached hydrogens (tertiary/aromatic N) is 5. The minimum Gasteiger partial charge on any atom is -0.481 e. The molecule has 0 radical (unpaired) electrons. The van der Waals surface area contributed by atoms with Gasteiger partial charge >= 0.3 is 12.1 Å². The van der Waals surface area contributed by atoms with Crippen molar-refractivity contribution in [1.82, 2.24) is 23.9 Å². The van der Waals surface area contributed by atoms with Crippen LogP contribution in [-0.2, 0) is 27.5 Å². The summed E-state index contributed by atoms with van der Waals surface area (Å²) < 4.78 is 76.1. The SMILES string of the molecule is Cc1ccc([C@H](CC(=O)O)c2ccn3c(C(F)(F)F)nnc3c2C)cc1CN1CC2(CC2)Oc2ncc(Cl)cc2S1(=O)=O. The zero-order valence-electron chi connectivity index (χ0n) is 22.9. The summed E-state index contributed by atoms with van der Waals surface area (Å²) in [6.07, 6.45) is -1.26. The normalized spacial score (nSPS) is 18.2. The number of aromatic nitrogens is 4. The van der Waals surface area contributed by atoms with Gasteiger partial charge in [0.15, 0.2) is 5.65 Å². The van der Waals surface area contributed by atoms with E-state index in [0.29, 0.717) is 35.1 Å². The number of alkyl halides is 3. The second-order valence-electron chi connectivity index (χ2n) is 11.0. The average Bonchev–Trinajstić information content (AvgIpc) is 3.54. The first-order chi connectivity index (χ1) is 20.2. The van der Waals surface area contributed by atoms with Crippen LogP contribution in [0.25, 0.3) is 5.65 Å². The number of carboxylic acids is 1. The topological polar surface area (TPSA) is 127 Å². The van der Waals surface area contributed by atoms with E-state index in [1.807, 2.05) is 6.92 Å². The van der Waals surface area contributed by atoms with Crippen LogP contribution in [0.2, 0.25) is 5.02 Å². The molecule has 0 unspecified atom stereocenters. The van der Waals surface area contributed by atoms with Crippen LogP contribution in [0.15, 0.2) is 47.6 Å². The molecule has 1 fully saturated rings. The van der Waals surface area contributed by atoms with Gasteiger partial charge in [0.05, 0.1) is 18.0 Å². The lowest BCUT2D eigenvalue weighted by Crippen LogP contribution is -2.38. The standard InChI is InChI=1S/C28H25ClF3N5O5S/c1-15-3-4-17(21(11-23(38)39)20-5-8-37-24(16(20)2)34-35-26(37)28(30,31)32)9-18(15)13-36-14-27(6-7-27)42-25-22(43(36,40)41)10-19(29)12-33-25/h3-5,8-10,12,21H,6-7,11,13-14H2,1-2H3,(H,38,39)/t21-/m0/s1. The molecule has 43 heavy (non-hydrogen) atoms. The second kappa shape index (κ2) is 10.2. The van der Waals surface area contributed by atoms with Crippen molar-refractivity contribution in [3.63, 3.8) is 0 Å². The van der Waals surface area contributed by atoms with Crippen LogP contribution < -0.4 is 4.74 Å². The van der Waals surface area contributed by atoms with Crippen LogP contribution >= 0.6 is 11.6 Å². The number of ether oxygens (including phenoxy) is 1. The molecule has 0 saturated heterocycles. The molecule has 1 aliphatic carbocycles. The minimum absolute atomic E-state index is 0.00410. The molecule has 6 rings (SSSR count). The molecule has 1 saturated carbocycles. The summed E-state index contributed by atoms with van der Waals surface area (Å²) in [6.45, 7) is 3.45. The number of fused-ring (bicyclic) bond motifs is 2. The molecule has 4 heterocycles. The number of carbonyl (C=O) groups is 1. The third-order valence-electron chi connectivity index (χ3n) is 7.99. The van der Waals surface area contributed by atoms with E-state index < -0.39 is 39.5 Å². The zero-order valence-corrected chi connectivity index (χ0v) is 24.5. The predicted molar refractivity (Wildman–Crippen MR) is 147 cm³/mol. The number of hydrogen-bond acceptors (Lipinski definition) is 7. The zero-order chi connectivity index (χ0) is 30.9. The highest BCUT2D eigenvalue weighted by Crippen LogP contribution is 2.46. The molecular formula is C28H25ClF3N5O5S. The monoisotopic (exact) mass is 635 g/mol. The third-order valence-corrected chi connectivity index (χ3v) is 9.98. The number of sulfonamides is 1. The second-order valence-corrected chi connectivity index (χ2v) is 13.3. The number of aryl methyl sites for hydroxylation is 2. The first-order valence-electron chi connectivity index (χ1n) is 13.3. The van der Waals surface area contributed by atoms with Crippen LogP contribution in [0.5, 0.6) is 5.88 Å². The number of hydrogen-bond donors (Lipinski definition) is 1. The number of benzene rings is 1. The van der Waals surface area contributed by atoms with Crippen molar-refractivity contribution < 1.29 is 36.2 Å². The molecule has 0 amide bonds. The molecule has 1 aliphatic heterocycles. The van der Waals surface area contributed by atoms with Crippen molar-refractivity contribution in [2.24, 2.45) is 0 Å². The lowest BCUT2D eigenvalue weighted by molar-refractivity contribution is -0.145. The van der Waals surface area contributed by atoms with E-state index in [-0.39, 0.29) is 41.0 Å². The molecule has 10 nitrogen and oxygen atoms in total. The van der Waals surface area contributed by atoms with Gasteiger partial charge in [-0.25, -0.2) is 13.4 Å². The number of aliphatic carboxylic acids is 1. The van der Waals surface area contributed by atoms with Gasteiger partial charge in [0.25, 0.3) is 0 Å².